The summed E-state index contributed by atoms with van der Waals surface area (Å²) in [6.45, 7) is 4.01. The molecule has 0 amide bonds. The average molecular weight is 219 g/mol. The Hall–Kier alpha value is -1.12. The summed E-state index contributed by atoms with van der Waals surface area (Å²) in [6.07, 6.45) is 9.83. The third kappa shape index (κ3) is 2.94. The lowest BCUT2D eigenvalue weighted by Crippen LogP contribution is -2.20. The van der Waals surface area contributed by atoms with Crippen molar-refractivity contribution in [3.05, 3.63) is 17.6 Å². The van der Waals surface area contributed by atoms with Crippen molar-refractivity contribution in [2.75, 3.05) is 5.32 Å². The van der Waals surface area contributed by atoms with Gasteiger partial charge in [-0.25, -0.2) is 4.98 Å². The molecule has 88 valence electrons. The summed E-state index contributed by atoms with van der Waals surface area (Å²) in [4.78, 5) is 8.87. The van der Waals surface area contributed by atoms with Gasteiger partial charge in [-0.05, 0) is 26.7 Å². The summed E-state index contributed by atoms with van der Waals surface area (Å²) in [6, 6.07) is 0.595. The molecule has 1 heterocycles. The van der Waals surface area contributed by atoms with Crippen LogP contribution in [0.15, 0.2) is 6.20 Å². The molecule has 0 aliphatic heterocycles. The van der Waals surface area contributed by atoms with E-state index in [1.807, 2.05) is 20.0 Å². The minimum atomic E-state index is 0.595. The fourth-order valence-electron chi connectivity index (χ4n) is 2.29. The van der Waals surface area contributed by atoms with E-state index >= 15 is 0 Å². The molecule has 3 nitrogen and oxygen atoms in total. The van der Waals surface area contributed by atoms with Gasteiger partial charge in [0.05, 0.1) is 11.4 Å². The number of hydrogen-bond donors (Lipinski definition) is 1. The van der Waals surface area contributed by atoms with Crippen LogP contribution in [0.25, 0.3) is 0 Å². The molecule has 0 atom stereocenters. The molecule has 0 bridgehead atoms. The number of aryl methyl sites for hydroxylation is 2. The van der Waals surface area contributed by atoms with Crippen LogP contribution < -0.4 is 5.32 Å². The van der Waals surface area contributed by atoms with Gasteiger partial charge in [-0.3, -0.25) is 4.98 Å². The molecule has 3 heteroatoms. The minimum Gasteiger partial charge on any atom is -0.366 e. The second-order valence-electron chi connectivity index (χ2n) is 4.78. The van der Waals surface area contributed by atoms with Gasteiger partial charge in [-0.1, -0.05) is 25.7 Å². The molecule has 0 unspecified atom stereocenters. The summed E-state index contributed by atoms with van der Waals surface area (Å²) in [5.74, 6) is 0.979. The van der Waals surface area contributed by atoms with E-state index in [1.165, 1.54) is 38.5 Å². The first kappa shape index (κ1) is 11.4. The summed E-state index contributed by atoms with van der Waals surface area (Å²) in [5.41, 5.74) is 2.00. The SMILES string of the molecule is Cc1cnc(C)c(NC2CCCCCC2)n1. The van der Waals surface area contributed by atoms with Gasteiger partial charge in [0.15, 0.2) is 0 Å². The zero-order valence-electron chi connectivity index (χ0n) is 10.3. The summed E-state index contributed by atoms with van der Waals surface area (Å²) in [7, 11) is 0. The Kier molecular flexibility index (Phi) is 3.75. The van der Waals surface area contributed by atoms with E-state index in [-0.39, 0.29) is 0 Å². The first-order valence-electron chi connectivity index (χ1n) is 6.32. The number of hydrogen-bond acceptors (Lipinski definition) is 3. The zero-order chi connectivity index (χ0) is 11.4. The van der Waals surface area contributed by atoms with Gasteiger partial charge in [-0.2, -0.15) is 0 Å². The molecule has 1 aromatic rings. The van der Waals surface area contributed by atoms with Gasteiger partial charge in [0.1, 0.15) is 5.82 Å². The maximum atomic E-state index is 4.52. The van der Waals surface area contributed by atoms with Gasteiger partial charge < -0.3 is 5.32 Å². The predicted molar refractivity (Wildman–Crippen MR) is 66.6 cm³/mol. The number of aromatic nitrogens is 2. The highest BCUT2D eigenvalue weighted by Crippen LogP contribution is 2.21. The minimum absolute atomic E-state index is 0.595. The van der Waals surface area contributed by atoms with Crippen molar-refractivity contribution in [3.63, 3.8) is 0 Å². The summed E-state index contributed by atoms with van der Waals surface area (Å²) < 4.78 is 0. The Bertz CT molecular complexity index is 341. The maximum absolute atomic E-state index is 4.52. The fraction of sp³-hybridized carbons (Fsp3) is 0.692. The molecule has 1 aliphatic carbocycles. The van der Waals surface area contributed by atoms with E-state index in [9.17, 15) is 0 Å². The highest BCUT2D eigenvalue weighted by Gasteiger charge is 2.13. The van der Waals surface area contributed by atoms with E-state index in [2.05, 4.69) is 15.3 Å². The van der Waals surface area contributed by atoms with E-state index in [4.69, 9.17) is 0 Å². The zero-order valence-corrected chi connectivity index (χ0v) is 10.3. The molecule has 1 aliphatic rings. The number of rotatable bonds is 2. The maximum Gasteiger partial charge on any atom is 0.147 e. The van der Waals surface area contributed by atoms with Crippen LogP contribution in [0.3, 0.4) is 0 Å². The van der Waals surface area contributed by atoms with Crippen molar-refractivity contribution in [1.82, 2.24) is 9.97 Å². The van der Waals surface area contributed by atoms with Gasteiger partial charge >= 0.3 is 0 Å². The summed E-state index contributed by atoms with van der Waals surface area (Å²) in [5, 5.41) is 3.56. The fourth-order valence-corrected chi connectivity index (χ4v) is 2.29. The van der Waals surface area contributed by atoms with Crippen molar-refractivity contribution in [2.45, 2.75) is 58.4 Å². The lowest BCUT2D eigenvalue weighted by Gasteiger charge is -2.18. The topological polar surface area (TPSA) is 37.8 Å². The number of nitrogens with one attached hydrogen (secondary N) is 1. The molecule has 0 saturated heterocycles. The Balaban J connectivity index is 2.04. The molecule has 1 N–H and O–H groups in total. The van der Waals surface area contributed by atoms with Gasteiger partial charge in [0.2, 0.25) is 0 Å². The second-order valence-corrected chi connectivity index (χ2v) is 4.78. The Morgan fingerprint density at radius 1 is 1.12 bits per heavy atom. The Labute approximate surface area is 97.7 Å². The van der Waals surface area contributed by atoms with Crippen LogP contribution >= 0.6 is 0 Å². The second kappa shape index (κ2) is 5.28. The third-order valence-corrected chi connectivity index (χ3v) is 3.27. The smallest absolute Gasteiger partial charge is 0.147 e. The van der Waals surface area contributed by atoms with Crippen molar-refractivity contribution in [2.24, 2.45) is 0 Å². The van der Waals surface area contributed by atoms with Crippen molar-refractivity contribution in [1.29, 1.82) is 0 Å². The molecule has 0 radical (unpaired) electrons. The van der Waals surface area contributed by atoms with Crippen molar-refractivity contribution >= 4 is 5.82 Å². The first-order valence-corrected chi connectivity index (χ1v) is 6.32. The molecular formula is C13H21N3. The van der Waals surface area contributed by atoms with Crippen LogP contribution in [0.4, 0.5) is 5.82 Å². The number of nitrogens with zero attached hydrogens (tertiary/aromatic N) is 2. The van der Waals surface area contributed by atoms with E-state index in [0.29, 0.717) is 6.04 Å². The van der Waals surface area contributed by atoms with Crippen molar-refractivity contribution in [3.8, 4) is 0 Å². The molecule has 1 fully saturated rings. The quantitative estimate of drug-likeness (QED) is 0.776. The number of anilines is 1. The molecule has 2 rings (SSSR count). The molecule has 1 aromatic heterocycles. The van der Waals surface area contributed by atoms with Gasteiger partial charge in [0.25, 0.3) is 0 Å². The standard InChI is InChI=1S/C13H21N3/c1-10-9-14-11(2)13(15-10)16-12-7-5-3-4-6-8-12/h9,12H,3-8H2,1-2H3,(H,15,16). The molecular weight excluding hydrogens is 198 g/mol. The lowest BCUT2D eigenvalue weighted by atomic mass is 10.1. The van der Waals surface area contributed by atoms with E-state index in [1.54, 1.807) is 0 Å². The van der Waals surface area contributed by atoms with Crippen LogP contribution in [0.5, 0.6) is 0 Å². The highest BCUT2D eigenvalue weighted by atomic mass is 15.0. The van der Waals surface area contributed by atoms with Gasteiger partial charge in [-0.15, -0.1) is 0 Å². The van der Waals surface area contributed by atoms with Gasteiger partial charge in [0, 0.05) is 12.2 Å². The van der Waals surface area contributed by atoms with Crippen LogP contribution in [-0.4, -0.2) is 16.0 Å². The van der Waals surface area contributed by atoms with Crippen LogP contribution in [0, 0.1) is 13.8 Å². The highest BCUT2D eigenvalue weighted by molar-refractivity contribution is 5.40. The largest absolute Gasteiger partial charge is 0.366 e. The van der Waals surface area contributed by atoms with Crippen LogP contribution in [-0.2, 0) is 0 Å². The van der Waals surface area contributed by atoms with Crippen molar-refractivity contribution < 1.29 is 0 Å². The third-order valence-electron chi connectivity index (χ3n) is 3.27. The van der Waals surface area contributed by atoms with E-state index < -0.39 is 0 Å². The average Bonchev–Trinajstić information content (AvgIpc) is 2.52. The molecule has 1 saturated carbocycles. The summed E-state index contributed by atoms with van der Waals surface area (Å²) >= 11 is 0. The van der Waals surface area contributed by atoms with E-state index in [0.717, 1.165) is 17.2 Å². The monoisotopic (exact) mass is 219 g/mol. The molecule has 0 spiro atoms. The molecule has 16 heavy (non-hydrogen) atoms. The van der Waals surface area contributed by atoms with Crippen LogP contribution in [0.1, 0.15) is 49.9 Å². The Morgan fingerprint density at radius 3 is 2.50 bits per heavy atom. The predicted octanol–water partition coefficient (Wildman–Crippen LogP) is 3.23. The normalized spacial score (nSPS) is 18.1. The lowest BCUT2D eigenvalue weighted by molar-refractivity contribution is 0.616. The molecule has 0 aromatic carbocycles. The Morgan fingerprint density at radius 2 is 1.81 bits per heavy atom. The first-order chi connectivity index (χ1) is 7.75. The van der Waals surface area contributed by atoms with Crippen LogP contribution in [0.2, 0.25) is 0 Å².